The van der Waals surface area contributed by atoms with Crippen LogP contribution in [0.3, 0.4) is 0 Å². The molecule has 1 aliphatic rings. The first-order chi connectivity index (χ1) is 14.0. The summed E-state index contributed by atoms with van der Waals surface area (Å²) in [6.45, 7) is 2.42. The van der Waals surface area contributed by atoms with Gasteiger partial charge in [-0.3, -0.25) is 14.2 Å². The van der Waals surface area contributed by atoms with Gasteiger partial charge in [-0.15, -0.1) is 0 Å². The maximum absolute atomic E-state index is 13.5. The number of aromatic nitrogens is 2. The molecule has 4 rings (SSSR count). The Kier molecular flexibility index (Phi) is 5.16. The van der Waals surface area contributed by atoms with Gasteiger partial charge < -0.3 is 14.5 Å². The molecule has 0 saturated carbocycles. The van der Waals surface area contributed by atoms with Gasteiger partial charge in [-0.05, 0) is 42.5 Å². The average Bonchev–Trinajstić information content (AvgIpc) is 2.76. The van der Waals surface area contributed by atoms with Gasteiger partial charge in [0.25, 0.3) is 5.56 Å². The number of halogens is 1. The van der Waals surface area contributed by atoms with E-state index in [0.717, 1.165) is 17.5 Å². The molecule has 8 heteroatoms. The number of carbonyl (C=O) groups excluding carboxylic acids is 1. The maximum atomic E-state index is 13.5. The minimum absolute atomic E-state index is 0.110. The molecule has 1 saturated heterocycles. The normalized spacial score (nSPS) is 14.3. The summed E-state index contributed by atoms with van der Waals surface area (Å²) in [4.78, 5) is 33.3. The maximum Gasteiger partial charge on any atom is 0.261 e. The van der Waals surface area contributed by atoms with Gasteiger partial charge in [0.2, 0.25) is 5.91 Å². The second kappa shape index (κ2) is 7.90. The van der Waals surface area contributed by atoms with Crippen molar-refractivity contribution in [1.82, 2.24) is 14.5 Å². The molecule has 29 heavy (non-hydrogen) atoms. The molecule has 1 fully saturated rings. The molecule has 1 amide bonds. The second-order valence-electron chi connectivity index (χ2n) is 6.90. The number of nitrogens with zero attached hydrogens (tertiary/aromatic N) is 4. The van der Waals surface area contributed by atoms with Crippen molar-refractivity contribution < 1.29 is 13.9 Å². The van der Waals surface area contributed by atoms with Crippen LogP contribution in [0, 0.1) is 5.82 Å². The zero-order valence-corrected chi connectivity index (χ0v) is 16.0. The number of ether oxygens (including phenoxy) is 1. The number of carbonyl (C=O) groups is 1. The van der Waals surface area contributed by atoms with Crippen molar-refractivity contribution in [2.75, 3.05) is 38.2 Å². The van der Waals surface area contributed by atoms with Crippen molar-refractivity contribution in [3.63, 3.8) is 0 Å². The Hall–Kier alpha value is -3.42. The summed E-state index contributed by atoms with van der Waals surface area (Å²) < 4.78 is 19.9. The van der Waals surface area contributed by atoms with Crippen molar-refractivity contribution in [3.8, 4) is 5.75 Å². The fraction of sp³-hybridized carbons (Fsp3) is 0.286. The van der Waals surface area contributed by atoms with Crippen molar-refractivity contribution in [1.29, 1.82) is 0 Å². The van der Waals surface area contributed by atoms with Crippen LogP contribution in [0.5, 0.6) is 5.75 Å². The highest BCUT2D eigenvalue weighted by Crippen LogP contribution is 2.20. The van der Waals surface area contributed by atoms with Crippen molar-refractivity contribution in [2.24, 2.45) is 0 Å². The molecule has 150 valence electrons. The van der Waals surface area contributed by atoms with Crippen molar-refractivity contribution in [3.05, 3.63) is 65.0 Å². The third kappa shape index (κ3) is 3.91. The first kappa shape index (κ1) is 18.9. The van der Waals surface area contributed by atoms with Crippen LogP contribution in [-0.4, -0.2) is 53.6 Å². The Balaban J connectivity index is 1.41. The number of hydrogen-bond donors (Lipinski definition) is 0. The summed E-state index contributed by atoms with van der Waals surface area (Å²) >= 11 is 0. The average molecular weight is 396 g/mol. The van der Waals surface area contributed by atoms with Gasteiger partial charge >= 0.3 is 0 Å². The molecule has 1 aromatic heterocycles. The standard InChI is InChI=1S/C21H21FN4O3/c1-29-17-5-3-16(4-6-17)24-8-10-25(11-9-24)20(27)13-26-14-23-19-7-2-15(22)12-18(19)21(26)28/h2-7,12,14H,8-11,13H2,1H3. The number of anilines is 1. The second-order valence-corrected chi connectivity index (χ2v) is 6.90. The number of rotatable bonds is 4. The molecule has 2 aromatic carbocycles. The van der Waals surface area contributed by atoms with Crippen molar-refractivity contribution in [2.45, 2.75) is 6.54 Å². The van der Waals surface area contributed by atoms with Gasteiger partial charge in [-0.25, -0.2) is 9.37 Å². The smallest absolute Gasteiger partial charge is 0.261 e. The lowest BCUT2D eigenvalue weighted by molar-refractivity contribution is -0.132. The minimum atomic E-state index is -0.505. The van der Waals surface area contributed by atoms with Crippen LogP contribution in [0.2, 0.25) is 0 Å². The van der Waals surface area contributed by atoms with E-state index in [1.165, 1.54) is 23.0 Å². The molecule has 0 radical (unpaired) electrons. The third-order valence-electron chi connectivity index (χ3n) is 5.16. The molecular weight excluding hydrogens is 375 g/mol. The first-order valence-electron chi connectivity index (χ1n) is 9.36. The largest absolute Gasteiger partial charge is 0.497 e. The predicted octanol–water partition coefficient (Wildman–Crippen LogP) is 1.89. The van der Waals surface area contributed by atoms with Gasteiger partial charge in [0.15, 0.2) is 0 Å². The quantitative estimate of drug-likeness (QED) is 0.674. The van der Waals surface area contributed by atoms with E-state index in [1.807, 2.05) is 24.3 Å². The van der Waals surface area contributed by atoms with E-state index in [0.29, 0.717) is 31.7 Å². The van der Waals surface area contributed by atoms with E-state index in [9.17, 15) is 14.0 Å². The van der Waals surface area contributed by atoms with Crippen LogP contribution >= 0.6 is 0 Å². The highest BCUT2D eigenvalue weighted by molar-refractivity contribution is 5.79. The molecule has 0 spiro atoms. The highest BCUT2D eigenvalue weighted by atomic mass is 19.1. The topological polar surface area (TPSA) is 67.7 Å². The van der Waals surface area contributed by atoms with E-state index < -0.39 is 11.4 Å². The summed E-state index contributed by atoms with van der Waals surface area (Å²) in [7, 11) is 1.63. The molecule has 1 aliphatic heterocycles. The number of benzene rings is 2. The number of hydrogen-bond acceptors (Lipinski definition) is 5. The zero-order chi connectivity index (χ0) is 20.4. The van der Waals surface area contributed by atoms with Crippen molar-refractivity contribution >= 4 is 22.5 Å². The van der Waals surface area contributed by atoms with Crippen LogP contribution in [0.1, 0.15) is 0 Å². The SMILES string of the molecule is COc1ccc(N2CCN(C(=O)Cn3cnc4ccc(F)cc4c3=O)CC2)cc1. The summed E-state index contributed by atoms with van der Waals surface area (Å²) in [5.74, 6) is 0.144. The Labute approximate surface area is 166 Å². The highest BCUT2D eigenvalue weighted by Gasteiger charge is 2.22. The molecular formula is C21H21FN4O3. The molecule has 0 N–H and O–H groups in total. The lowest BCUT2D eigenvalue weighted by atomic mass is 10.2. The van der Waals surface area contributed by atoms with E-state index in [2.05, 4.69) is 9.88 Å². The summed E-state index contributed by atoms with van der Waals surface area (Å²) in [6.07, 6.45) is 1.34. The van der Waals surface area contributed by atoms with Crippen LogP contribution in [0.4, 0.5) is 10.1 Å². The lowest BCUT2D eigenvalue weighted by Crippen LogP contribution is -2.50. The molecule has 2 heterocycles. The monoisotopic (exact) mass is 396 g/mol. The predicted molar refractivity (Wildman–Crippen MR) is 108 cm³/mol. The Morgan fingerprint density at radius 2 is 1.83 bits per heavy atom. The third-order valence-corrected chi connectivity index (χ3v) is 5.16. The van der Waals surface area contributed by atoms with Crippen LogP contribution in [0.15, 0.2) is 53.6 Å². The first-order valence-corrected chi connectivity index (χ1v) is 9.36. The fourth-order valence-electron chi connectivity index (χ4n) is 3.50. The summed E-state index contributed by atoms with van der Waals surface area (Å²) in [5, 5.41) is 0.171. The molecule has 0 aliphatic carbocycles. The van der Waals surface area contributed by atoms with Crippen LogP contribution < -0.4 is 15.2 Å². The Morgan fingerprint density at radius 1 is 1.10 bits per heavy atom. The molecule has 3 aromatic rings. The van der Waals surface area contributed by atoms with E-state index in [-0.39, 0.29) is 17.8 Å². The molecule has 0 unspecified atom stereocenters. The molecule has 7 nitrogen and oxygen atoms in total. The van der Waals surface area contributed by atoms with Gasteiger partial charge in [0.1, 0.15) is 18.1 Å². The fourth-order valence-corrected chi connectivity index (χ4v) is 3.50. The van der Waals surface area contributed by atoms with E-state index in [4.69, 9.17) is 4.74 Å². The van der Waals surface area contributed by atoms with E-state index >= 15 is 0 Å². The van der Waals surface area contributed by atoms with E-state index in [1.54, 1.807) is 12.0 Å². The Morgan fingerprint density at radius 3 is 2.52 bits per heavy atom. The van der Waals surface area contributed by atoms with Crippen LogP contribution in [-0.2, 0) is 11.3 Å². The van der Waals surface area contributed by atoms with Gasteiger partial charge in [-0.2, -0.15) is 0 Å². The van der Waals surface area contributed by atoms with Crippen LogP contribution in [0.25, 0.3) is 10.9 Å². The minimum Gasteiger partial charge on any atom is -0.497 e. The van der Waals surface area contributed by atoms with Gasteiger partial charge in [0, 0.05) is 31.9 Å². The molecule has 0 atom stereocenters. The van der Waals surface area contributed by atoms with Gasteiger partial charge in [0.05, 0.1) is 24.3 Å². The number of amides is 1. The molecule has 0 bridgehead atoms. The summed E-state index contributed by atoms with van der Waals surface area (Å²) in [5.41, 5.74) is 1.07. The van der Waals surface area contributed by atoms with Gasteiger partial charge in [-0.1, -0.05) is 0 Å². The number of piperazine rings is 1. The Bertz CT molecular complexity index is 1090. The summed E-state index contributed by atoms with van der Waals surface area (Å²) in [6, 6.07) is 11.7. The lowest BCUT2D eigenvalue weighted by Gasteiger charge is -2.36. The zero-order valence-electron chi connectivity index (χ0n) is 16.0. The number of methoxy groups -OCH3 is 1. The number of fused-ring (bicyclic) bond motifs is 1.